The summed E-state index contributed by atoms with van der Waals surface area (Å²) in [5, 5.41) is 4.18. The Morgan fingerprint density at radius 1 is 0.783 bits per heavy atom. The van der Waals surface area contributed by atoms with Crippen LogP contribution in [0.3, 0.4) is 0 Å². The second kappa shape index (κ2) is 15.4. The van der Waals surface area contributed by atoms with Gasteiger partial charge >= 0.3 is 0 Å². The van der Waals surface area contributed by atoms with Gasteiger partial charge in [-0.15, -0.1) is 0 Å². The summed E-state index contributed by atoms with van der Waals surface area (Å²) >= 11 is 19.2. The molecule has 0 bridgehead atoms. The summed E-state index contributed by atoms with van der Waals surface area (Å²) in [6.45, 7) is -0.699. The van der Waals surface area contributed by atoms with E-state index in [0.29, 0.717) is 20.6 Å². The van der Waals surface area contributed by atoms with E-state index in [2.05, 4.69) is 5.32 Å². The Bertz CT molecular complexity index is 1730. The summed E-state index contributed by atoms with van der Waals surface area (Å²) in [5.41, 5.74) is 1.58. The summed E-state index contributed by atoms with van der Waals surface area (Å²) in [6, 6.07) is 27.6. The normalized spacial score (nSPS) is 14.1. The maximum absolute atomic E-state index is 14.6. The van der Waals surface area contributed by atoms with E-state index < -0.39 is 28.5 Å². The highest BCUT2D eigenvalue weighted by Crippen LogP contribution is 2.29. The van der Waals surface area contributed by atoms with E-state index >= 15 is 0 Å². The fourth-order valence-corrected chi connectivity index (χ4v) is 7.69. The highest BCUT2D eigenvalue weighted by Gasteiger charge is 2.36. The van der Waals surface area contributed by atoms with Crippen molar-refractivity contribution in [2.24, 2.45) is 0 Å². The molecule has 1 atom stereocenters. The molecular formula is C35H34Cl3N3O4S. The van der Waals surface area contributed by atoms with Crippen LogP contribution in [0.2, 0.25) is 15.1 Å². The number of anilines is 1. The van der Waals surface area contributed by atoms with Gasteiger partial charge < -0.3 is 10.2 Å². The largest absolute Gasteiger partial charge is 0.352 e. The maximum Gasteiger partial charge on any atom is 0.264 e. The smallest absolute Gasteiger partial charge is 0.264 e. The zero-order chi connectivity index (χ0) is 32.7. The van der Waals surface area contributed by atoms with Crippen molar-refractivity contribution < 1.29 is 18.0 Å². The number of nitrogens with zero attached hydrogens (tertiary/aromatic N) is 2. The van der Waals surface area contributed by atoms with Crippen molar-refractivity contribution in [2.75, 3.05) is 10.8 Å². The van der Waals surface area contributed by atoms with Crippen molar-refractivity contribution in [2.45, 2.75) is 55.6 Å². The lowest BCUT2D eigenvalue weighted by Crippen LogP contribution is -2.54. The lowest BCUT2D eigenvalue weighted by molar-refractivity contribution is -0.140. The highest BCUT2D eigenvalue weighted by molar-refractivity contribution is 7.92. The van der Waals surface area contributed by atoms with Crippen molar-refractivity contribution in [3.63, 3.8) is 0 Å². The number of hydrogen-bond donors (Lipinski definition) is 1. The van der Waals surface area contributed by atoms with Gasteiger partial charge in [0.1, 0.15) is 12.6 Å². The molecular weight excluding hydrogens is 665 g/mol. The van der Waals surface area contributed by atoms with Crippen molar-refractivity contribution in [3.05, 3.63) is 129 Å². The number of hydrogen-bond acceptors (Lipinski definition) is 4. The molecule has 46 heavy (non-hydrogen) atoms. The predicted molar refractivity (Wildman–Crippen MR) is 184 cm³/mol. The third-order valence-electron chi connectivity index (χ3n) is 8.09. The minimum absolute atomic E-state index is 0.00211. The van der Waals surface area contributed by atoms with Crippen LogP contribution in [-0.2, 0) is 32.6 Å². The number of carbonyl (C=O) groups is 2. The van der Waals surface area contributed by atoms with Gasteiger partial charge in [-0.05, 0) is 66.9 Å². The third kappa shape index (κ3) is 8.23. The number of amides is 2. The van der Waals surface area contributed by atoms with Crippen molar-refractivity contribution in [3.8, 4) is 0 Å². The molecule has 0 aliphatic heterocycles. The van der Waals surface area contributed by atoms with Crippen LogP contribution >= 0.6 is 34.8 Å². The number of sulfonamides is 1. The topological polar surface area (TPSA) is 86.8 Å². The monoisotopic (exact) mass is 697 g/mol. The number of nitrogens with one attached hydrogen (secondary N) is 1. The lowest BCUT2D eigenvalue weighted by atomic mass is 10.0. The second-order valence-corrected chi connectivity index (χ2v) is 14.3. The second-order valence-electron chi connectivity index (χ2n) is 11.2. The molecule has 11 heteroatoms. The van der Waals surface area contributed by atoms with Crippen LogP contribution in [0.1, 0.15) is 36.8 Å². The van der Waals surface area contributed by atoms with Gasteiger partial charge in [-0.25, -0.2) is 8.42 Å². The standard InChI is InChI=1S/C35H34Cl3N3O4S/c36-26-18-20-29(21-19-26)46(44,45)41(28-14-5-2-6-15-28)24-34(42)40(23-30-31(37)16-9-17-32(30)38)33(22-25-10-3-1-4-11-25)35(43)39-27-12-7-8-13-27/h1-6,9-11,14-21,27,33H,7-8,12-13,22-24H2,(H,39,43)/t33-/m1/s1. The Labute approximate surface area is 285 Å². The molecule has 2 amide bonds. The van der Waals surface area contributed by atoms with Gasteiger partial charge in [0.2, 0.25) is 11.8 Å². The average molecular weight is 699 g/mol. The van der Waals surface area contributed by atoms with Gasteiger partial charge in [0.25, 0.3) is 10.0 Å². The van der Waals surface area contributed by atoms with Crippen molar-refractivity contribution in [1.29, 1.82) is 0 Å². The van der Waals surface area contributed by atoms with Crippen LogP contribution in [0, 0.1) is 0 Å². The molecule has 1 aliphatic rings. The zero-order valence-corrected chi connectivity index (χ0v) is 28.1. The van der Waals surface area contributed by atoms with Crippen LogP contribution in [0.25, 0.3) is 0 Å². The minimum Gasteiger partial charge on any atom is -0.352 e. The Kier molecular flexibility index (Phi) is 11.3. The number of carbonyl (C=O) groups excluding carboxylic acids is 2. The van der Waals surface area contributed by atoms with Gasteiger partial charge in [-0.2, -0.15) is 0 Å². The van der Waals surface area contributed by atoms with Gasteiger partial charge in [-0.3, -0.25) is 13.9 Å². The molecule has 4 aromatic rings. The number of benzene rings is 4. The Morgan fingerprint density at radius 2 is 1.37 bits per heavy atom. The number of para-hydroxylation sites is 1. The SMILES string of the molecule is O=C(NC1CCCC1)[C@@H](Cc1ccccc1)N(Cc1c(Cl)cccc1Cl)C(=O)CN(c1ccccc1)S(=O)(=O)c1ccc(Cl)cc1. The van der Waals surface area contributed by atoms with E-state index in [9.17, 15) is 18.0 Å². The van der Waals surface area contributed by atoms with E-state index in [1.807, 2.05) is 30.3 Å². The molecule has 0 spiro atoms. The van der Waals surface area contributed by atoms with Crippen LogP contribution < -0.4 is 9.62 Å². The zero-order valence-electron chi connectivity index (χ0n) is 25.0. The molecule has 1 fully saturated rings. The molecule has 5 rings (SSSR count). The summed E-state index contributed by atoms with van der Waals surface area (Å²) in [4.78, 5) is 30.1. The third-order valence-corrected chi connectivity index (χ3v) is 10.8. The Morgan fingerprint density at radius 3 is 1.98 bits per heavy atom. The van der Waals surface area contributed by atoms with E-state index in [-0.39, 0.29) is 35.5 Å². The first kappa shape index (κ1) is 33.8. The fraction of sp³-hybridized carbons (Fsp3) is 0.257. The molecule has 0 heterocycles. The summed E-state index contributed by atoms with van der Waals surface area (Å²) in [7, 11) is -4.24. The molecule has 4 aromatic carbocycles. The lowest BCUT2D eigenvalue weighted by Gasteiger charge is -2.34. The van der Waals surface area contributed by atoms with Crippen LogP contribution in [0.5, 0.6) is 0 Å². The summed E-state index contributed by atoms with van der Waals surface area (Å²) in [5.74, 6) is -0.918. The van der Waals surface area contributed by atoms with Crippen LogP contribution in [0.15, 0.2) is 108 Å². The van der Waals surface area contributed by atoms with E-state index in [1.165, 1.54) is 29.2 Å². The first-order valence-electron chi connectivity index (χ1n) is 15.0. The Balaban J connectivity index is 1.58. The molecule has 1 aliphatic carbocycles. The van der Waals surface area contributed by atoms with Gasteiger partial charge in [-0.1, -0.05) is 102 Å². The first-order valence-corrected chi connectivity index (χ1v) is 17.6. The first-order chi connectivity index (χ1) is 22.1. The molecule has 1 N–H and O–H groups in total. The predicted octanol–water partition coefficient (Wildman–Crippen LogP) is 7.54. The molecule has 7 nitrogen and oxygen atoms in total. The maximum atomic E-state index is 14.6. The summed E-state index contributed by atoms with van der Waals surface area (Å²) in [6.07, 6.45) is 3.94. The number of halogens is 3. The van der Waals surface area contributed by atoms with Crippen LogP contribution in [0.4, 0.5) is 5.69 Å². The summed E-state index contributed by atoms with van der Waals surface area (Å²) < 4.78 is 29.2. The molecule has 0 unspecified atom stereocenters. The van der Waals surface area contributed by atoms with Gasteiger partial charge in [0.05, 0.1) is 10.6 Å². The molecule has 1 saturated carbocycles. The van der Waals surface area contributed by atoms with Crippen molar-refractivity contribution >= 4 is 62.3 Å². The van der Waals surface area contributed by atoms with Crippen LogP contribution in [-0.4, -0.2) is 43.8 Å². The van der Waals surface area contributed by atoms with E-state index in [4.69, 9.17) is 34.8 Å². The molecule has 0 aromatic heterocycles. The highest BCUT2D eigenvalue weighted by atomic mass is 35.5. The van der Waals surface area contributed by atoms with E-state index in [0.717, 1.165) is 35.6 Å². The molecule has 0 saturated heterocycles. The average Bonchev–Trinajstić information content (AvgIpc) is 3.56. The molecule has 0 radical (unpaired) electrons. The van der Waals surface area contributed by atoms with Crippen molar-refractivity contribution in [1.82, 2.24) is 10.2 Å². The van der Waals surface area contributed by atoms with Gasteiger partial charge in [0.15, 0.2) is 0 Å². The van der Waals surface area contributed by atoms with E-state index in [1.54, 1.807) is 48.5 Å². The number of rotatable bonds is 12. The Hall–Kier alpha value is -3.56. The minimum atomic E-state index is -4.24. The fourth-order valence-electron chi connectivity index (χ4n) is 5.63. The quantitative estimate of drug-likeness (QED) is 0.166. The van der Waals surface area contributed by atoms with Gasteiger partial charge in [0, 0.05) is 39.6 Å². The molecule has 240 valence electrons.